The maximum atomic E-state index is 12.6. The smallest absolute Gasteiger partial charge is 0.416 e. The molecule has 0 aliphatic heterocycles. The van der Waals surface area contributed by atoms with Crippen molar-refractivity contribution in [1.82, 2.24) is 0 Å². The lowest BCUT2D eigenvalue weighted by molar-refractivity contribution is -0.147. The van der Waals surface area contributed by atoms with E-state index in [4.69, 9.17) is 4.74 Å². The third-order valence-electron chi connectivity index (χ3n) is 2.87. The monoisotopic (exact) mass is 316 g/mol. The Morgan fingerprint density at radius 1 is 1.23 bits per heavy atom. The van der Waals surface area contributed by atoms with Crippen LogP contribution in [0.5, 0.6) is 0 Å². The standard InChI is InChI=1S/C16H19F3O3/c1-11(2)10-22-15(21)9-14(20)7-6-12-4-3-5-13(8-12)16(17,18)19/h3-5,8,11H,6-7,9-10H2,1-2H3. The molecule has 0 atom stereocenters. The molecule has 3 nitrogen and oxygen atoms in total. The Hall–Kier alpha value is -1.85. The molecule has 0 fully saturated rings. The first-order valence-corrected chi connectivity index (χ1v) is 7.02. The van der Waals surface area contributed by atoms with E-state index in [-0.39, 0.29) is 37.6 Å². The number of alkyl halides is 3. The van der Waals surface area contributed by atoms with E-state index >= 15 is 0 Å². The Kier molecular flexibility index (Phi) is 6.59. The van der Waals surface area contributed by atoms with Crippen molar-refractivity contribution < 1.29 is 27.5 Å². The van der Waals surface area contributed by atoms with Crippen molar-refractivity contribution in [2.75, 3.05) is 6.61 Å². The van der Waals surface area contributed by atoms with Crippen molar-refractivity contribution in [3.05, 3.63) is 35.4 Å². The van der Waals surface area contributed by atoms with Crippen molar-refractivity contribution in [3.8, 4) is 0 Å². The lowest BCUT2D eigenvalue weighted by atomic mass is 10.0. The minimum atomic E-state index is -4.40. The molecule has 0 aliphatic carbocycles. The minimum Gasteiger partial charge on any atom is -0.465 e. The van der Waals surface area contributed by atoms with Gasteiger partial charge in [0.05, 0.1) is 12.2 Å². The summed E-state index contributed by atoms with van der Waals surface area (Å²) < 4.78 is 42.6. The summed E-state index contributed by atoms with van der Waals surface area (Å²) in [5.41, 5.74) is -0.326. The Bertz CT molecular complexity index is 522. The zero-order valence-corrected chi connectivity index (χ0v) is 12.6. The number of esters is 1. The molecule has 0 aliphatic rings. The van der Waals surface area contributed by atoms with Crippen LogP contribution in [0.3, 0.4) is 0 Å². The number of hydrogen-bond donors (Lipinski definition) is 0. The lowest BCUT2D eigenvalue weighted by Crippen LogP contribution is -2.14. The summed E-state index contributed by atoms with van der Waals surface area (Å²) in [7, 11) is 0. The number of aryl methyl sites for hydroxylation is 1. The number of carbonyl (C=O) groups excluding carboxylic acids is 2. The maximum absolute atomic E-state index is 12.6. The first-order chi connectivity index (χ1) is 10.2. The average Bonchev–Trinajstić information content (AvgIpc) is 2.42. The second kappa shape index (κ2) is 7.96. The fourth-order valence-electron chi connectivity index (χ4n) is 1.75. The largest absolute Gasteiger partial charge is 0.465 e. The van der Waals surface area contributed by atoms with Gasteiger partial charge in [-0.15, -0.1) is 0 Å². The lowest BCUT2D eigenvalue weighted by Gasteiger charge is -2.09. The summed E-state index contributed by atoms with van der Waals surface area (Å²) in [5.74, 6) is -0.752. The van der Waals surface area contributed by atoms with Gasteiger partial charge in [0.2, 0.25) is 0 Å². The molecule has 0 N–H and O–H groups in total. The normalized spacial score (nSPS) is 11.5. The molecule has 122 valence electrons. The van der Waals surface area contributed by atoms with E-state index in [0.29, 0.717) is 5.56 Å². The molecule has 1 aromatic rings. The van der Waals surface area contributed by atoms with E-state index in [1.165, 1.54) is 12.1 Å². The van der Waals surface area contributed by atoms with Gasteiger partial charge in [0.15, 0.2) is 0 Å². The van der Waals surface area contributed by atoms with Crippen LogP contribution in [0, 0.1) is 5.92 Å². The molecule has 0 spiro atoms. The number of Topliss-reactive ketones (excluding diaryl/α,β-unsaturated/α-hetero) is 1. The number of halogens is 3. The highest BCUT2D eigenvalue weighted by Crippen LogP contribution is 2.29. The zero-order chi connectivity index (χ0) is 16.8. The SMILES string of the molecule is CC(C)COC(=O)CC(=O)CCc1cccc(C(F)(F)F)c1. The van der Waals surface area contributed by atoms with Crippen molar-refractivity contribution in [1.29, 1.82) is 0 Å². The van der Waals surface area contributed by atoms with Crippen LogP contribution >= 0.6 is 0 Å². The number of ketones is 1. The molecule has 0 amide bonds. The van der Waals surface area contributed by atoms with Gasteiger partial charge in [-0.25, -0.2) is 0 Å². The first-order valence-electron chi connectivity index (χ1n) is 7.02. The number of benzene rings is 1. The third kappa shape index (κ3) is 6.74. The molecule has 0 radical (unpaired) electrons. The molecule has 0 aromatic heterocycles. The first kappa shape index (κ1) is 18.2. The van der Waals surface area contributed by atoms with Crippen molar-refractivity contribution in [2.45, 2.75) is 39.3 Å². The van der Waals surface area contributed by atoms with Crippen LogP contribution in [0.1, 0.15) is 37.8 Å². The Balaban J connectivity index is 2.46. The van der Waals surface area contributed by atoms with Crippen molar-refractivity contribution in [3.63, 3.8) is 0 Å². The van der Waals surface area contributed by atoms with Gasteiger partial charge in [0.25, 0.3) is 0 Å². The van der Waals surface area contributed by atoms with Gasteiger partial charge >= 0.3 is 12.1 Å². The molecule has 0 heterocycles. The summed E-state index contributed by atoms with van der Waals surface area (Å²) in [6.45, 7) is 4.01. The van der Waals surface area contributed by atoms with E-state index in [1.54, 1.807) is 0 Å². The van der Waals surface area contributed by atoms with Gasteiger partial charge < -0.3 is 4.74 Å². The molecule has 6 heteroatoms. The highest BCUT2D eigenvalue weighted by Gasteiger charge is 2.30. The van der Waals surface area contributed by atoms with Gasteiger partial charge in [-0.1, -0.05) is 32.0 Å². The predicted octanol–water partition coefficient (Wildman–Crippen LogP) is 3.80. The van der Waals surface area contributed by atoms with Gasteiger partial charge in [0.1, 0.15) is 12.2 Å². The molecule has 1 rings (SSSR count). The Morgan fingerprint density at radius 3 is 2.50 bits per heavy atom. The summed E-state index contributed by atoms with van der Waals surface area (Å²) in [6.07, 6.45) is -4.56. The second-order valence-electron chi connectivity index (χ2n) is 5.49. The maximum Gasteiger partial charge on any atom is 0.416 e. The van der Waals surface area contributed by atoms with Gasteiger partial charge in [-0.2, -0.15) is 13.2 Å². The van der Waals surface area contributed by atoms with Gasteiger partial charge in [0, 0.05) is 6.42 Å². The summed E-state index contributed by atoms with van der Waals surface area (Å²) >= 11 is 0. The summed E-state index contributed by atoms with van der Waals surface area (Å²) in [4.78, 5) is 23.0. The highest BCUT2D eigenvalue weighted by atomic mass is 19.4. The van der Waals surface area contributed by atoms with Crippen LogP contribution in [0.25, 0.3) is 0 Å². The fraction of sp³-hybridized carbons (Fsp3) is 0.500. The van der Waals surface area contributed by atoms with Crippen molar-refractivity contribution >= 4 is 11.8 Å². The van der Waals surface area contributed by atoms with Crippen LogP contribution in [0.4, 0.5) is 13.2 Å². The van der Waals surface area contributed by atoms with E-state index in [1.807, 2.05) is 13.8 Å². The van der Waals surface area contributed by atoms with Crippen LogP contribution < -0.4 is 0 Å². The second-order valence-corrected chi connectivity index (χ2v) is 5.49. The number of carbonyl (C=O) groups is 2. The molecule has 0 bridgehead atoms. The zero-order valence-electron chi connectivity index (χ0n) is 12.6. The van der Waals surface area contributed by atoms with Crippen LogP contribution in [-0.4, -0.2) is 18.4 Å². The molecule has 0 saturated heterocycles. The van der Waals surface area contributed by atoms with Crippen molar-refractivity contribution in [2.24, 2.45) is 5.92 Å². The average molecular weight is 316 g/mol. The van der Waals surface area contributed by atoms with E-state index in [0.717, 1.165) is 12.1 Å². The Morgan fingerprint density at radius 2 is 1.91 bits per heavy atom. The molecular weight excluding hydrogens is 297 g/mol. The molecule has 0 saturated carbocycles. The number of rotatable bonds is 7. The fourth-order valence-corrected chi connectivity index (χ4v) is 1.75. The van der Waals surface area contributed by atoms with E-state index < -0.39 is 17.7 Å². The summed E-state index contributed by atoms with van der Waals surface area (Å²) in [6, 6.07) is 4.83. The Labute approximate surface area is 127 Å². The van der Waals surface area contributed by atoms with E-state index in [2.05, 4.69) is 0 Å². The highest BCUT2D eigenvalue weighted by molar-refractivity contribution is 5.95. The molecule has 0 unspecified atom stereocenters. The molecular formula is C16H19F3O3. The summed E-state index contributed by atoms with van der Waals surface area (Å²) in [5, 5.41) is 0. The molecule has 22 heavy (non-hydrogen) atoms. The van der Waals surface area contributed by atoms with E-state index in [9.17, 15) is 22.8 Å². The minimum absolute atomic E-state index is 0.0120. The third-order valence-corrected chi connectivity index (χ3v) is 2.87. The van der Waals surface area contributed by atoms with Crippen LogP contribution in [0.2, 0.25) is 0 Å². The van der Waals surface area contributed by atoms with Crippen LogP contribution in [0.15, 0.2) is 24.3 Å². The van der Waals surface area contributed by atoms with Gasteiger partial charge in [-0.3, -0.25) is 9.59 Å². The number of ether oxygens (including phenoxy) is 1. The van der Waals surface area contributed by atoms with Crippen LogP contribution in [-0.2, 0) is 26.9 Å². The number of hydrogen-bond acceptors (Lipinski definition) is 3. The topological polar surface area (TPSA) is 43.4 Å². The van der Waals surface area contributed by atoms with Gasteiger partial charge in [-0.05, 0) is 24.0 Å². The molecule has 1 aromatic carbocycles. The quantitative estimate of drug-likeness (QED) is 0.568. The predicted molar refractivity (Wildman–Crippen MR) is 75.2 cm³/mol.